The summed E-state index contributed by atoms with van der Waals surface area (Å²) in [7, 11) is 0. The molecule has 0 saturated heterocycles. The first-order valence-corrected chi connectivity index (χ1v) is 4.48. The summed E-state index contributed by atoms with van der Waals surface area (Å²) in [6.07, 6.45) is 3.83. The predicted octanol–water partition coefficient (Wildman–Crippen LogP) is 1.74. The summed E-state index contributed by atoms with van der Waals surface area (Å²) in [5, 5.41) is 0. The molecule has 3 nitrogen and oxygen atoms in total. The van der Waals surface area contributed by atoms with Crippen LogP contribution in [0, 0.1) is 12.8 Å². The first-order chi connectivity index (χ1) is 6.27. The molecule has 1 aliphatic carbocycles. The highest BCUT2D eigenvalue weighted by atomic mass is 16.5. The van der Waals surface area contributed by atoms with E-state index in [1.54, 1.807) is 6.92 Å². The van der Waals surface area contributed by atoms with Crippen LogP contribution < -0.4 is 10.2 Å². The molecule has 1 saturated carbocycles. The molecule has 2 rings (SSSR count). The molecular weight excluding hydrogens is 168 g/mol. The molecule has 0 spiro atoms. The van der Waals surface area contributed by atoms with E-state index in [1.807, 2.05) is 0 Å². The summed E-state index contributed by atoms with van der Waals surface area (Å²) in [5.41, 5.74) is -0.0931. The standard InChI is InChI=1S/C10H12O3/c1-7-10(9(11)4-5-12-7)13-6-8-2-3-8/h4-5,8H,2-3,6H2,1H3. The summed E-state index contributed by atoms with van der Waals surface area (Å²) < 4.78 is 10.5. The summed E-state index contributed by atoms with van der Waals surface area (Å²) in [4.78, 5) is 11.3. The van der Waals surface area contributed by atoms with Crippen LogP contribution in [0.25, 0.3) is 0 Å². The van der Waals surface area contributed by atoms with Crippen LogP contribution >= 0.6 is 0 Å². The summed E-state index contributed by atoms with van der Waals surface area (Å²) in [6, 6.07) is 1.38. The minimum absolute atomic E-state index is 0.0931. The second kappa shape index (κ2) is 3.24. The highest BCUT2D eigenvalue weighted by molar-refractivity contribution is 5.23. The van der Waals surface area contributed by atoms with E-state index in [9.17, 15) is 4.79 Å². The minimum atomic E-state index is -0.0931. The normalized spacial score (nSPS) is 15.8. The van der Waals surface area contributed by atoms with Crippen LogP contribution in [0.5, 0.6) is 5.75 Å². The molecular formula is C10H12O3. The number of aryl methyl sites for hydroxylation is 1. The van der Waals surface area contributed by atoms with Gasteiger partial charge in [-0.05, 0) is 25.7 Å². The van der Waals surface area contributed by atoms with Gasteiger partial charge in [0.2, 0.25) is 11.2 Å². The molecule has 0 radical (unpaired) electrons. The Morgan fingerprint density at radius 3 is 3.00 bits per heavy atom. The zero-order chi connectivity index (χ0) is 9.26. The van der Waals surface area contributed by atoms with Gasteiger partial charge in [-0.15, -0.1) is 0 Å². The predicted molar refractivity (Wildman–Crippen MR) is 47.9 cm³/mol. The van der Waals surface area contributed by atoms with Gasteiger partial charge in [-0.1, -0.05) is 0 Å². The van der Waals surface area contributed by atoms with Crippen LogP contribution in [0.15, 0.2) is 21.5 Å². The zero-order valence-corrected chi connectivity index (χ0v) is 7.58. The van der Waals surface area contributed by atoms with E-state index in [-0.39, 0.29) is 5.43 Å². The van der Waals surface area contributed by atoms with Gasteiger partial charge in [0.1, 0.15) is 5.76 Å². The first kappa shape index (κ1) is 8.35. The van der Waals surface area contributed by atoms with Gasteiger partial charge in [0.05, 0.1) is 12.9 Å². The van der Waals surface area contributed by atoms with Crippen molar-refractivity contribution >= 4 is 0 Å². The third-order valence-corrected chi connectivity index (χ3v) is 2.17. The van der Waals surface area contributed by atoms with Crippen molar-refractivity contribution in [3.63, 3.8) is 0 Å². The lowest BCUT2D eigenvalue weighted by Gasteiger charge is -2.04. The average Bonchev–Trinajstić information content (AvgIpc) is 2.87. The number of ether oxygens (including phenoxy) is 1. The van der Waals surface area contributed by atoms with Gasteiger partial charge in [0.25, 0.3) is 0 Å². The molecule has 1 aromatic rings. The fraction of sp³-hybridized carbons (Fsp3) is 0.500. The Morgan fingerprint density at radius 1 is 1.62 bits per heavy atom. The number of hydrogen-bond donors (Lipinski definition) is 0. The van der Waals surface area contributed by atoms with E-state index >= 15 is 0 Å². The Labute approximate surface area is 76.3 Å². The fourth-order valence-electron chi connectivity index (χ4n) is 1.16. The average molecular weight is 180 g/mol. The zero-order valence-electron chi connectivity index (χ0n) is 7.58. The molecule has 1 aliphatic rings. The van der Waals surface area contributed by atoms with Gasteiger partial charge < -0.3 is 9.15 Å². The molecule has 0 aliphatic heterocycles. The molecule has 1 heterocycles. The van der Waals surface area contributed by atoms with Crippen LogP contribution in [0.1, 0.15) is 18.6 Å². The summed E-state index contributed by atoms with van der Waals surface area (Å²) >= 11 is 0. The van der Waals surface area contributed by atoms with E-state index in [1.165, 1.54) is 25.2 Å². The highest BCUT2D eigenvalue weighted by Crippen LogP contribution is 2.29. The summed E-state index contributed by atoms with van der Waals surface area (Å²) in [6.45, 7) is 2.39. The molecule has 3 heteroatoms. The Kier molecular flexibility index (Phi) is 2.08. The van der Waals surface area contributed by atoms with Gasteiger partial charge in [0.15, 0.2) is 0 Å². The fourth-order valence-corrected chi connectivity index (χ4v) is 1.16. The lowest BCUT2D eigenvalue weighted by molar-refractivity contribution is 0.282. The maximum absolute atomic E-state index is 11.3. The monoisotopic (exact) mass is 180 g/mol. The van der Waals surface area contributed by atoms with Gasteiger partial charge >= 0.3 is 0 Å². The van der Waals surface area contributed by atoms with Gasteiger partial charge in [-0.2, -0.15) is 0 Å². The smallest absolute Gasteiger partial charge is 0.226 e. The van der Waals surface area contributed by atoms with Crippen LogP contribution in [0.4, 0.5) is 0 Å². The lowest BCUT2D eigenvalue weighted by atomic mass is 10.3. The maximum atomic E-state index is 11.3. The molecule has 70 valence electrons. The Bertz CT molecular complexity index is 349. The number of rotatable bonds is 3. The molecule has 13 heavy (non-hydrogen) atoms. The Balaban J connectivity index is 2.12. The molecule has 0 atom stereocenters. The molecule has 0 amide bonds. The van der Waals surface area contributed by atoms with Gasteiger partial charge in [-0.25, -0.2) is 0 Å². The van der Waals surface area contributed by atoms with Crippen LogP contribution in [-0.4, -0.2) is 6.61 Å². The third-order valence-electron chi connectivity index (χ3n) is 2.17. The molecule has 0 aromatic carbocycles. The molecule has 0 unspecified atom stereocenters. The van der Waals surface area contributed by atoms with Crippen molar-refractivity contribution in [1.29, 1.82) is 0 Å². The van der Waals surface area contributed by atoms with Crippen LogP contribution in [-0.2, 0) is 0 Å². The third kappa shape index (κ3) is 1.91. The Hall–Kier alpha value is -1.25. The van der Waals surface area contributed by atoms with Crippen molar-refractivity contribution in [3.8, 4) is 5.75 Å². The lowest BCUT2D eigenvalue weighted by Crippen LogP contribution is -2.10. The van der Waals surface area contributed by atoms with Crippen molar-refractivity contribution in [2.45, 2.75) is 19.8 Å². The van der Waals surface area contributed by atoms with Gasteiger partial charge in [-0.3, -0.25) is 4.79 Å². The summed E-state index contributed by atoms with van der Waals surface area (Å²) in [5.74, 6) is 1.58. The van der Waals surface area contributed by atoms with Crippen molar-refractivity contribution in [3.05, 3.63) is 28.3 Å². The quantitative estimate of drug-likeness (QED) is 0.711. The molecule has 1 fully saturated rings. The van der Waals surface area contributed by atoms with E-state index in [4.69, 9.17) is 9.15 Å². The Morgan fingerprint density at radius 2 is 2.38 bits per heavy atom. The van der Waals surface area contributed by atoms with E-state index in [0.717, 1.165) is 0 Å². The second-order valence-corrected chi connectivity index (χ2v) is 3.42. The van der Waals surface area contributed by atoms with Crippen molar-refractivity contribution in [2.24, 2.45) is 5.92 Å². The first-order valence-electron chi connectivity index (χ1n) is 4.48. The van der Waals surface area contributed by atoms with E-state index in [0.29, 0.717) is 24.0 Å². The van der Waals surface area contributed by atoms with Crippen molar-refractivity contribution in [1.82, 2.24) is 0 Å². The minimum Gasteiger partial charge on any atom is -0.486 e. The van der Waals surface area contributed by atoms with E-state index < -0.39 is 0 Å². The second-order valence-electron chi connectivity index (χ2n) is 3.42. The SMILES string of the molecule is Cc1occc(=O)c1OCC1CC1. The topological polar surface area (TPSA) is 39.4 Å². The van der Waals surface area contributed by atoms with Gasteiger partial charge in [0, 0.05) is 6.07 Å². The molecule has 1 aromatic heterocycles. The van der Waals surface area contributed by atoms with Crippen LogP contribution in [0.2, 0.25) is 0 Å². The largest absolute Gasteiger partial charge is 0.486 e. The van der Waals surface area contributed by atoms with Crippen molar-refractivity contribution in [2.75, 3.05) is 6.61 Å². The number of hydrogen-bond acceptors (Lipinski definition) is 3. The van der Waals surface area contributed by atoms with Crippen molar-refractivity contribution < 1.29 is 9.15 Å². The highest BCUT2D eigenvalue weighted by Gasteiger charge is 2.22. The molecule has 0 N–H and O–H groups in total. The maximum Gasteiger partial charge on any atom is 0.226 e. The van der Waals surface area contributed by atoms with Crippen LogP contribution in [0.3, 0.4) is 0 Å². The van der Waals surface area contributed by atoms with E-state index in [2.05, 4.69) is 0 Å². The molecule has 0 bridgehead atoms.